The van der Waals surface area contributed by atoms with E-state index < -0.39 is 26.5 Å². The summed E-state index contributed by atoms with van der Waals surface area (Å²) >= 11 is 0. The molecule has 86 heavy (non-hydrogen) atoms. The minimum Gasteiger partial charge on any atom is -0.756 e. The van der Waals surface area contributed by atoms with Crippen LogP contribution in [0.1, 0.15) is 335 Å². The Morgan fingerprint density at radius 2 is 0.663 bits per heavy atom. The highest BCUT2D eigenvalue weighted by molar-refractivity contribution is 7.45. The summed E-state index contributed by atoms with van der Waals surface area (Å²) in [5.74, 6) is -0.836. The van der Waals surface area contributed by atoms with E-state index in [0.29, 0.717) is 17.4 Å². The van der Waals surface area contributed by atoms with Crippen LogP contribution in [0.25, 0.3) is 0 Å². The van der Waals surface area contributed by atoms with Crippen LogP contribution in [0, 0.1) is 0 Å². The van der Waals surface area contributed by atoms with Gasteiger partial charge in [0.1, 0.15) is 19.8 Å². The van der Waals surface area contributed by atoms with Crippen LogP contribution >= 0.6 is 7.82 Å². The summed E-state index contributed by atoms with van der Waals surface area (Å²) in [6, 6.07) is 0. The van der Waals surface area contributed by atoms with Crippen molar-refractivity contribution in [2.45, 2.75) is 341 Å². The summed E-state index contributed by atoms with van der Waals surface area (Å²) in [4.78, 5) is 38.1. The number of allylic oxidation sites excluding steroid dienone is 14. The number of ether oxygens (including phenoxy) is 2. The summed E-state index contributed by atoms with van der Waals surface area (Å²) in [6.45, 7) is 4.14. The first kappa shape index (κ1) is 83.2. The number of nitrogens with zero attached hydrogens (tertiary/aromatic N) is 1. The van der Waals surface area contributed by atoms with E-state index in [1.165, 1.54) is 218 Å². The summed E-state index contributed by atoms with van der Waals surface area (Å²) in [6.07, 6.45) is 91.2. The Morgan fingerprint density at radius 1 is 0.372 bits per heavy atom. The lowest BCUT2D eigenvalue weighted by Gasteiger charge is -2.28. The lowest BCUT2D eigenvalue weighted by molar-refractivity contribution is -0.870. The van der Waals surface area contributed by atoms with Crippen LogP contribution < -0.4 is 4.89 Å². The highest BCUT2D eigenvalue weighted by atomic mass is 31.2. The molecule has 0 aromatic heterocycles. The number of carbonyl (C=O) groups is 2. The van der Waals surface area contributed by atoms with E-state index in [4.69, 9.17) is 18.5 Å². The molecule has 0 N–H and O–H groups in total. The number of esters is 2. The van der Waals surface area contributed by atoms with E-state index in [-0.39, 0.29) is 32.0 Å². The molecule has 0 saturated carbocycles. The molecule has 10 heteroatoms. The van der Waals surface area contributed by atoms with Gasteiger partial charge >= 0.3 is 11.9 Å². The second-order valence-corrected chi connectivity index (χ2v) is 27.0. The normalized spacial score (nSPS) is 13.6. The number of hydrogen-bond acceptors (Lipinski definition) is 8. The van der Waals surface area contributed by atoms with Crippen LogP contribution in [-0.2, 0) is 32.7 Å². The smallest absolute Gasteiger partial charge is 0.306 e. The van der Waals surface area contributed by atoms with Crippen LogP contribution in [0.4, 0.5) is 0 Å². The molecule has 0 radical (unpaired) electrons. The molecule has 0 heterocycles. The molecule has 0 aromatic rings. The summed E-state index contributed by atoms with van der Waals surface area (Å²) in [5, 5.41) is 0. The molecule has 0 rings (SSSR count). The minimum atomic E-state index is -4.65. The van der Waals surface area contributed by atoms with Gasteiger partial charge in [-0.15, -0.1) is 0 Å². The van der Waals surface area contributed by atoms with Gasteiger partial charge in [-0.05, 0) is 89.9 Å². The first-order chi connectivity index (χ1) is 42.0. The van der Waals surface area contributed by atoms with Gasteiger partial charge in [0.25, 0.3) is 7.82 Å². The lowest BCUT2D eigenvalue weighted by Crippen LogP contribution is -2.37. The van der Waals surface area contributed by atoms with Crippen LogP contribution in [0.5, 0.6) is 0 Å². The van der Waals surface area contributed by atoms with Crippen molar-refractivity contribution in [3.8, 4) is 0 Å². The fraction of sp³-hybridized carbons (Fsp3) is 0.789. The fourth-order valence-electron chi connectivity index (χ4n) is 10.4. The SMILES string of the molecule is CC/C=C\C/C=C\C/C=C\C/C=C\C/C=C\CCCCCCCCCC(=O)OC(COC(=O)CCCCCCCCCCCCCCCCCCCCCCCCCCCCC/C=C\C/C=C\CCCCCCC)COP(=O)([O-])OCC[N+](C)(C)C. The summed E-state index contributed by atoms with van der Waals surface area (Å²) < 4.78 is 34.3. The van der Waals surface area contributed by atoms with E-state index in [2.05, 4.69) is 98.9 Å². The topological polar surface area (TPSA) is 111 Å². The number of rotatable bonds is 67. The minimum absolute atomic E-state index is 0.0351. The lowest BCUT2D eigenvalue weighted by atomic mass is 10.0. The largest absolute Gasteiger partial charge is 0.756 e. The molecule has 0 fully saturated rings. The summed E-state index contributed by atoms with van der Waals surface area (Å²) in [7, 11) is 1.16. The Kier molecular flexibility index (Phi) is 64.4. The zero-order valence-electron chi connectivity index (χ0n) is 57.0. The van der Waals surface area contributed by atoms with Gasteiger partial charge in [-0.25, -0.2) is 0 Å². The average Bonchev–Trinajstić information content (AvgIpc) is 3.56. The third-order valence-electron chi connectivity index (χ3n) is 15.9. The quantitative estimate of drug-likeness (QED) is 0.0195. The Hall–Kier alpha value is -2.81. The van der Waals surface area contributed by atoms with Crippen LogP contribution in [0.3, 0.4) is 0 Å². The molecule has 0 amide bonds. The van der Waals surface area contributed by atoms with E-state index in [1.54, 1.807) is 0 Å². The Bertz CT molecular complexity index is 1730. The molecule has 0 bridgehead atoms. The van der Waals surface area contributed by atoms with E-state index >= 15 is 0 Å². The van der Waals surface area contributed by atoms with Gasteiger partial charge in [0.05, 0.1) is 27.7 Å². The van der Waals surface area contributed by atoms with E-state index in [1.807, 2.05) is 21.1 Å². The number of phosphoric acid groups is 1. The van der Waals surface area contributed by atoms with Crippen molar-refractivity contribution in [1.29, 1.82) is 0 Å². The van der Waals surface area contributed by atoms with Crippen molar-refractivity contribution in [2.75, 3.05) is 47.5 Å². The van der Waals surface area contributed by atoms with Crippen LogP contribution in [0.2, 0.25) is 0 Å². The molecule has 500 valence electrons. The predicted molar refractivity (Wildman–Crippen MR) is 369 cm³/mol. The number of carbonyl (C=O) groups excluding carboxylic acids is 2. The van der Waals surface area contributed by atoms with Gasteiger partial charge in [-0.2, -0.15) is 0 Å². The Morgan fingerprint density at radius 3 is 0.988 bits per heavy atom. The Balaban J connectivity index is 3.94. The van der Waals surface area contributed by atoms with Crippen molar-refractivity contribution >= 4 is 19.8 Å². The van der Waals surface area contributed by atoms with Gasteiger partial charge in [-0.3, -0.25) is 14.2 Å². The summed E-state index contributed by atoms with van der Waals surface area (Å²) in [5.41, 5.74) is 0. The van der Waals surface area contributed by atoms with Crippen molar-refractivity contribution < 1.29 is 42.1 Å². The zero-order valence-corrected chi connectivity index (χ0v) is 57.9. The van der Waals surface area contributed by atoms with E-state index in [9.17, 15) is 19.0 Å². The maximum atomic E-state index is 12.8. The zero-order chi connectivity index (χ0) is 62.6. The molecule has 0 spiro atoms. The van der Waals surface area contributed by atoms with Crippen molar-refractivity contribution in [1.82, 2.24) is 0 Å². The third kappa shape index (κ3) is 70.3. The fourth-order valence-corrected chi connectivity index (χ4v) is 11.1. The second-order valence-electron chi connectivity index (χ2n) is 25.6. The van der Waals surface area contributed by atoms with Crippen molar-refractivity contribution in [3.05, 3.63) is 85.1 Å². The monoisotopic (exact) mass is 1220 g/mol. The highest BCUT2D eigenvalue weighted by Crippen LogP contribution is 2.38. The number of unbranched alkanes of at least 4 members (excludes halogenated alkanes) is 39. The third-order valence-corrected chi connectivity index (χ3v) is 16.9. The van der Waals surface area contributed by atoms with Gasteiger partial charge in [0.15, 0.2) is 6.10 Å². The number of quaternary nitrogens is 1. The maximum absolute atomic E-state index is 12.8. The first-order valence-electron chi connectivity index (χ1n) is 36.3. The standard InChI is InChI=1S/C76H138NO8P/c1-6-8-10-12-14-16-18-20-22-24-26-28-30-31-32-33-34-35-36-37-38-39-40-41-42-43-44-45-47-48-50-52-54-56-58-60-62-64-66-68-75(78)82-72-74(73-84-86(80,81)83-71-70-77(3,4)5)85-76(79)69-67-65-63-61-59-57-55-53-51-49-46-29-27-25-23-21-19-17-15-13-11-9-7-2/h9,11,15,17-18,20-21,23-24,26-27,29,49,51,74H,6-8,10,12-14,16,19,22,25,28,30-48,50,52-73H2,1-5H3/b11-9-,17-15-,20-18-,23-21-,26-24-,29-27-,51-49-. The van der Waals surface area contributed by atoms with Gasteiger partial charge in [0.2, 0.25) is 0 Å². The first-order valence-corrected chi connectivity index (χ1v) is 37.8. The molecular weight excluding hydrogens is 1090 g/mol. The predicted octanol–water partition coefficient (Wildman–Crippen LogP) is 23.1. The molecule has 9 nitrogen and oxygen atoms in total. The van der Waals surface area contributed by atoms with Crippen LogP contribution in [0.15, 0.2) is 85.1 Å². The van der Waals surface area contributed by atoms with Crippen molar-refractivity contribution in [3.63, 3.8) is 0 Å². The van der Waals surface area contributed by atoms with Gasteiger partial charge in [-0.1, -0.05) is 317 Å². The Labute approximate surface area is 532 Å². The molecule has 0 saturated heterocycles. The number of hydrogen-bond donors (Lipinski definition) is 0. The molecule has 2 atom stereocenters. The van der Waals surface area contributed by atoms with Crippen molar-refractivity contribution in [2.24, 2.45) is 0 Å². The van der Waals surface area contributed by atoms with Gasteiger partial charge < -0.3 is 27.9 Å². The molecular formula is C76H138NO8P. The van der Waals surface area contributed by atoms with Crippen LogP contribution in [-0.4, -0.2) is 70.0 Å². The number of likely N-dealkylation sites (N-methyl/N-ethyl adjacent to an activating group) is 1. The van der Waals surface area contributed by atoms with E-state index in [0.717, 1.165) is 83.5 Å². The highest BCUT2D eigenvalue weighted by Gasteiger charge is 2.22. The molecule has 2 unspecified atom stereocenters. The molecule has 0 aliphatic carbocycles. The molecule has 0 aromatic carbocycles. The molecule has 0 aliphatic heterocycles. The van der Waals surface area contributed by atoms with Gasteiger partial charge in [0, 0.05) is 12.8 Å². The second kappa shape index (κ2) is 66.6. The maximum Gasteiger partial charge on any atom is 0.306 e. The number of phosphoric ester groups is 1. The average molecular weight is 1220 g/mol. The molecule has 0 aliphatic rings.